The molecular formula is C10H8O3S. The van der Waals surface area contributed by atoms with E-state index in [1.165, 1.54) is 17.4 Å². The smallest absolute Gasteiger partial charge is 0.154 e. The van der Waals surface area contributed by atoms with Gasteiger partial charge in [-0.3, -0.25) is 4.79 Å². The Hall–Kier alpha value is -1.39. The first-order valence-corrected chi connectivity index (χ1v) is 4.88. The van der Waals surface area contributed by atoms with Crippen LogP contribution in [0.2, 0.25) is 0 Å². The summed E-state index contributed by atoms with van der Waals surface area (Å²) in [4.78, 5) is 11.5. The lowest BCUT2D eigenvalue weighted by Crippen LogP contribution is -1.81. The van der Waals surface area contributed by atoms with Crippen molar-refractivity contribution < 1.29 is 15.0 Å². The van der Waals surface area contributed by atoms with E-state index in [2.05, 4.69) is 0 Å². The molecule has 14 heavy (non-hydrogen) atoms. The van der Waals surface area contributed by atoms with Gasteiger partial charge in [0.15, 0.2) is 6.29 Å². The number of fused-ring (bicyclic) bond motifs is 1. The Morgan fingerprint density at radius 1 is 1.43 bits per heavy atom. The highest BCUT2D eigenvalue weighted by Gasteiger charge is 2.09. The molecule has 4 heteroatoms. The lowest BCUT2D eigenvalue weighted by Gasteiger charge is -1.97. The molecule has 0 saturated carbocycles. The Morgan fingerprint density at radius 3 is 2.86 bits per heavy atom. The third-order valence-corrected chi connectivity index (χ3v) is 3.13. The highest BCUT2D eigenvalue weighted by atomic mass is 32.1. The minimum atomic E-state index is -0.0432. The molecule has 0 amide bonds. The van der Waals surface area contributed by atoms with Crippen LogP contribution in [0.4, 0.5) is 0 Å². The lowest BCUT2D eigenvalue weighted by molar-refractivity contribution is 0.112. The van der Waals surface area contributed by atoms with Crippen molar-refractivity contribution in [1.29, 1.82) is 0 Å². The van der Waals surface area contributed by atoms with E-state index in [0.717, 1.165) is 9.58 Å². The van der Waals surface area contributed by atoms with Gasteiger partial charge < -0.3 is 10.2 Å². The van der Waals surface area contributed by atoms with Crippen LogP contribution in [0.1, 0.15) is 15.2 Å². The Kier molecular flexibility index (Phi) is 2.23. The minimum Gasteiger partial charge on any atom is -0.507 e. The number of phenols is 1. The molecule has 0 fully saturated rings. The molecule has 0 unspecified atom stereocenters. The van der Waals surface area contributed by atoms with Crippen LogP contribution in [0.5, 0.6) is 5.75 Å². The van der Waals surface area contributed by atoms with E-state index in [1.54, 1.807) is 12.1 Å². The molecule has 0 atom stereocenters. The number of aldehydes is 1. The van der Waals surface area contributed by atoms with Crippen LogP contribution >= 0.6 is 11.3 Å². The first-order chi connectivity index (χ1) is 6.76. The van der Waals surface area contributed by atoms with Gasteiger partial charge in [0.05, 0.1) is 12.2 Å². The van der Waals surface area contributed by atoms with E-state index in [1.807, 2.05) is 0 Å². The topological polar surface area (TPSA) is 57.5 Å². The molecule has 2 rings (SSSR count). The zero-order valence-electron chi connectivity index (χ0n) is 7.23. The van der Waals surface area contributed by atoms with Gasteiger partial charge in [-0.2, -0.15) is 0 Å². The van der Waals surface area contributed by atoms with E-state index >= 15 is 0 Å². The maximum absolute atomic E-state index is 10.7. The van der Waals surface area contributed by atoms with Crippen LogP contribution in [-0.4, -0.2) is 16.5 Å². The van der Waals surface area contributed by atoms with Crippen molar-refractivity contribution >= 4 is 27.7 Å². The maximum atomic E-state index is 10.7. The van der Waals surface area contributed by atoms with E-state index in [9.17, 15) is 9.90 Å². The monoisotopic (exact) mass is 208 g/mol. The van der Waals surface area contributed by atoms with Gasteiger partial charge in [-0.1, -0.05) is 0 Å². The average Bonchev–Trinajstić information content (AvgIpc) is 2.60. The number of rotatable bonds is 2. The predicted molar refractivity (Wildman–Crippen MR) is 54.8 cm³/mol. The summed E-state index contributed by atoms with van der Waals surface area (Å²) in [5.41, 5.74) is 0.290. The van der Waals surface area contributed by atoms with E-state index in [4.69, 9.17) is 5.11 Å². The number of benzene rings is 1. The normalized spacial score (nSPS) is 10.6. The zero-order chi connectivity index (χ0) is 10.1. The fourth-order valence-electron chi connectivity index (χ4n) is 1.38. The summed E-state index contributed by atoms with van der Waals surface area (Å²) in [6.07, 6.45) is 0.630. The summed E-state index contributed by atoms with van der Waals surface area (Å²) < 4.78 is 0.897. The van der Waals surface area contributed by atoms with Gasteiger partial charge >= 0.3 is 0 Å². The highest BCUT2D eigenvalue weighted by Crippen LogP contribution is 2.32. The van der Waals surface area contributed by atoms with E-state index in [0.29, 0.717) is 17.2 Å². The number of aliphatic hydroxyl groups is 1. The first-order valence-electron chi connectivity index (χ1n) is 4.06. The summed E-state index contributed by atoms with van der Waals surface area (Å²) in [6.45, 7) is -0.0432. The van der Waals surface area contributed by atoms with Crippen molar-refractivity contribution in [3.63, 3.8) is 0 Å². The summed E-state index contributed by atoms with van der Waals surface area (Å²) in [5, 5.41) is 19.0. The fraction of sp³-hybridized carbons (Fsp3) is 0.100. The molecule has 2 aromatic rings. The number of thiophene rings is 1. The third kappa shape index (κ3) is 1.29. The van der Waals surface area contributed by atoms with Crippen LogP contribution in [-0.2, 0) is 6.61 Å². The zero-order valence-corrected chi connectivity index (χ0v) is 8.04. The lowest BCUT2D eigenvalue weighted by atomic mass is 10.1. The fourth-order valence-corrected chi connectivity index (χ4v) is 2.31. The second-order valence-corrected chi connectivity index (χ2v) is 4.07. The number of aliphatic hydroxyl groups excluding tert-OH is 1. The molecule has 0 spiro atoms. The summed E-state index contributed by atoms with van der Waals surface area (Å²) in [6, 6.07) is 4.95. The summed E-state index contributed by atoms with van der Waals surface area (Å²) in [5.74, 6) is -0.0187. The third-order valence-electron chi connectivity index (χ3n) is 2.04. The van der Waals surface area contributed by atoms with E-state index in [-0.39, 0.29) is 12.4 Å². The number of aromatic hydroxyl groups is 1. The number of hydrogen-bond acceptors (Lipinski definition) is 4. The van der Waals surface area contributed by atoms with Crippen LogP contribution in [0.15, 0.2) is 18.2 Å². The second kappa shape index (κ2) is 3.40. The molecule has 1 heterocycles. The maximum Gasteiger partial charge on any atom is 0.154 e. The molecule has 0 aliphatic rings. The van der Waals surface area contributed by atoms with Crippen molar-refractivity contribution in [3.8, 4) is 5.75 Å². The Morgan fingerprint density at radius 2 is 2.21 bits per heavy atom. The molecule has 0 aliphatic carbocycles. The SMILES string of the molecule is O=Cc1c(O)ccc2sc(CO)cc12. The number of phenolic OH excluding ortho intramolecular Hbond substituents is 1. The van der Waals surface area contributed by atoms with Crippen molar-refractivity contribution in [1.82, 2.24) is 0 Å². The van der Waals surface area contributed by atoms with Crippen LogP contribution < -0.4 is 0 Å². The quantitative estimate of drug-likeness (QED) is 0.741. The number of hydrogen-bond donors (Lipinski definition) is 2. The van der Waals surface area contributed by atoms with Crippen molar-refractivity contribution in [2.75, 3.05) is 0 Å². The first kappa shape index (κ1) is 9.18. The molecule has 0 bridgehead atoms. The molecule has 0 saturated heterocycles. The molecule has 0 aliphatic heterocycles. The van der Waals surface area contributed by atoms with Gasteiger partial charge in [0.2, 0.25) is 0 Å². The van der Waals surface area contributed by atoms with Gasteiger partial charge in [0.1, 0.15) is 5.75 Å². The highest BCUT2D eigenvalue weighted by molar-refractivity contribution is 7.19. The summed E-state index contributed by atoms with van der Waals surface area (Å²) >= 11 is 1.42. The number of carbonyl (C=O) groups excluding carboxylic acids is 1. The summed E-state index contributed by atoms with van der Waals surface area (Å²) in [7, 11) is 0. The van der Waals surface area contributed by atoms with Crippen LogP contribution in [0.3, 0.4) is 0 Å². The average molecular weight is 208 g/mol. The Labute approximate surface area is 84.2 Å². The van der Waals surface area contributed by atoms with Crippen molar-refractivity contribution in [3.05, 3.63) is 28.6 Å². The van der Waals surface area contributed by atoms with Gasteiger partial charge in [0, 0.05) is 15.0 Å². The Balaban J connectivity index is 2.79. The minimum absolute atomic E-state index is 0.0187. The van der Waals surface area contributed by atoms with Crippen molar-refractivity contribution in [2.45, 2.75) is 6.61 Å². The Bertz CT molecular complexity index is 487. The molecule has 2 N–H and O–H groups in total. The second-order valence-electron chi connectivity index (χ2n) is 2.90. The van der Waals surface area contributed by atoms with Gasteiger partial charge in [-0.05, 0) is 18.2 Å². The standard InChI is InChI=1S/C10H8O3S/c11-4-6-3-7-8(5-12)9(13)1-2-10(7)14-6/h1-3,5,11,13H,4H2. The van der Waals surface area contributed by atoms with Gasteiger partial charge in [0.25, 0.3) is 0 Å². The van der Waals surface area contributed by atoms with Gasteiger partial charge in [-0.15, -0.1) is 11.3 Å². The molecule has 0 radical (unpaired) electrons. The molecule has 3 nitrogen and oxygen atoms in total. The molecule has 1 aromatic carbocycles. The van der Waals surface area contributed by atoms with Crippen LogP contribution in [0.25, 0.3) is 10.1 Å². The van der Waals surface area contributed by atoms with Crippen molar-refractivity contribution in [2.24, 2.45) is 0 Å². The molecule has 1 aromatic heterocycles. The molecular weight excluding hydrogens is 200 g/mol. The number of carbonyl (C=O) groups is 1. The van der Waals surface area contributed by atoms with E-state index < -0.39 is 0 Å². The predicted octanol–water partition coefficient (Wildman–Crippen LogP) is 1.91. The van der Waals surface area contributed by atoms with Gasteiger partial charge in [-0.25, -0.2) is 0 Å². The van der Waals surface area contributed by atoms with Crippen LogP contribution in [0, 0.1) is 0 Å². The largest absolute Gasteiger partial charge is 0.507 e. The molecule has 72 valence electrons.